The van der Waals surface area contributed by atoms with Gasteiger partial charge in [-0.05, 0) is 43.2 Å². The van der Waals surface area contributed by atoms with Gasteiger partial charge in [-0.3, -0.25) is 4.79 Å². The topological polar surface area (TPSA) is 54.3 Å². The third-order valence-corrected chi connectivity index (χ3v) is 4.35. The molecule has 23 heavy (non-hydrogen) atoms. The molecular formula is C18H19NO3S. The Labute approximate surface area is 139 Å². The van der Waals surface area contributed by atoms with E-state index >= 15 is 0 Å². The molecule has 0 bridgehead atoms. The molecule has 0 fully saturated rings. The summed E-state index contributed by atoms with van der Waals surface area (Å²) in [6.07, 6.45) is 3.39. The van der Waals surface area contributed by atoms with Crippen LogP contribution in [-0.2, 0) is 18.2 Å². The van der Waals surface area contributed by atoms with E-state index in [9.17, 15) is 9.35 Å². The molecule has 2 rings (SSSR count). The molecule has 0 N–H and O–H groups in total. The second-order valence-corrected chi connectivity index (χ2v) is 6.54. The number of aromatic nitrogens is 1. The zero-order valence-electron chi connectivity index (χ0n) is 13.7. The van der Waals surface area contributed by atoms with Crippen LogP contribution in [0.5, 0.6) is 5.75 Å². The summed E-state index contributed by atoms with van der Waals surface area (Å²) < 4.78 is 19.0. The Bertz CT molecular complexity index is 802. The first kappa shape index (κ1) is 17.2. The van der Waals surface area contributed by atoms with E-state index in [0.717, 1.165) is 11.1 Å². The van der Waals surface area contributed by atoms with Crippen LogP contribution in [-0.4, -0.2) is 22.0 Å². The second kappa shape index (κ2) is 7.40. The van der Waals surface area contributed by atoms with Gasteiger partial charge in [-0.25, -0.2) is 0 Å². The molecule has 0 aliphatic rings. The van der Waals surface area contributed by atoms with Gasteiger partial charge in [0.15, 0.2) is 4.90 Å². The van der Waals surface area contributed by atoms with E-state index in [1.165, 1.54) is 4.57 Å². The molecule has 0 spiro atoms. The average Bonchev–Trinajstić information content (AvgIpc) is 2.52. The van der Waals surface area contributed by atoms with Crippen LogP contribution < -0.4 is 10.3 Å². The first-order chi connectivity index (χ1) is 10.9. The molecule has 4 nitrogen and oxygen atoms in total. The summed E-state index contributed by atoms with van der Waals surface area (Å²) in [6, 6.07) is 7.23. The third-order valence-electron chi connectivity index (χ3n) is 3.43. The van der Waals surface area contributed by atoms with Crippen LogP contribution in [0.1, 0.15) is 12.5 Å². The minimum Gasteiger partial charge on any atom is -0.612 e. The Balaban J connectivity index is 2.58. The Morgan fingerprint density at radius 3 is 2.70 bits per heavy atom. The standard InChI is InChI=1S/C18H19NO3S/c1-5-6-9-22-17-8-7-15(23(4)21)11-16(17)14-10-13(2)18(20)19(3)12-14/h7-8,10-12H,9H2,1-4H3. The lowest BCUT2D eigenvalue weighted by Gasteiger charge is -2.14. The number of aryl methyl sites for hydroxylation is 2. The highest BCUT2D eigenvalue weighted by atomic mass is 32.2. The van der Waals surface area contributed by atoms with Crippen molar-refractivity contribution >= 4 is 11.2 Å². The van der Waals surface area contributed by atoms with E-state index in [4.69, 9.17) is 4.74 Å². The van der Waals surface area contributed by atoms with Gasteiger partial charge in [0.05, 0.1) is 0 Å². The quantitative estimate of drug-likeness (QED) is 0.640. The van der Waals surface area contributed by atoms with Gasteiger partial charge in [-0.2, -0.15) is 0 Å². The van der Waals surface area contributed by atoms with Gasteiger partial charge >= 0.3 is 0 Å². The minimum atomic E-state index is -1.10. The molecule has 120 valence electrons. The van der Waals surface area contributed by atoms with Crippen LogP contribution in [0.25, 0.3) is 11.1 Å². The highest BCUT2D eigenvalue weighted by molar-refractivity contribution is 7.90. The number of hydrogen-bond donors (Lipinski definition) is 0. The Hall–Kier alpha value is -2.16. The zero-order chi connectivity index (χ0) is 17.0. The first-order valence-corrected chi connectivity index (χ1v) is 8.67. The summed E-state index contributed by atoms with van der Waals surface area (Å²) >= 11 is -1.10. The molecule has 1 atom stereocenters. The van der Waals surface area contributed by atoms with E-state index in [2.05, 4.69) is 11.8 Å². The molecule has 0 amide bonds. The maximum atomic E-state index is 11.9. The Morgan fingerprint density at radius 2 is 2.09 bits per heavy atom. The van der Waals surface area contributed by atoms with Crippen molar-refractivity contribution in [2.75, 3.05) is 12.9 Å². The van der Waals surface area contributed by atoms with E-state index in [0.29, 0.717) is 16.2 Å². The van der Waals surface area contributed by atoms with Gasteiger partial charge in [0.2, 0.25) is 0 Å². The fourth-order valence-electron chi connectivity index (χ4n) is 2.25. The maximum absolute atomic E-state index is 11.9. The van der Waals surface area contributed by atoms with Crippen molar-refractivity contribution < 1.29 is 9.29 Å². The zero-order valence-corrected chi connectivity index (χ0v) is 14.5. The normalized spacial score (nSPS) is 11.5. The van der Waals surface area contributed by atoms with Crippen LogP contribution in [0.15, 0.2) is 40.2 Å². The van der Waals surface area contributed by atoms with Gasteiger partial charge in [0.1, 0.15) is 18.6 Å². The van der Waals surface area contributed by atoms with Crippen molar-refractivity contribution in [1.82, 2.24) is 4.57 Å². The average molecular weight is 329 g/mol. The SMILES string of the molecule is CC#CCOc1ccc([S+](C)[O-])cc1-c1cc(C)c(=O)n(C)c1. The first-order valence-electron chi connectivity index (χ1n) is 7.11. The van der Waals surface area contributed by atoms with Crippen molar-refractivity contribution in [3.05, 3.63) is 46.4 Å². The predicted molar refractivity (Wildman–Crippen MR) is 93.1 cm³/mol. The summed E-state index contributed by atoms with van der Waals surface area (Å²) in [7, 11) is 1.71. The molecule has 1 aromatic carbocycles. The summed E-state index contributed by atoms with van der Waals surface area (Å²) in [5.41, 5.74) is 2.25. The molecule has 0 radical (unpaired) electrons. The van der Waals surface area contributed by atoms with Crippen LogP contribution in [0, 0.1) is 18.8 Å². The molecule has 1 aromatic heterocycles. The number of hydrogen-bond acceptors (Lipinski definition) is 3. The fourth-order valence-corrected chi connectivity index (χ4v) is 2.79. The van der Waals surface area contributed by atoms with Crippen molar-refractivity contribution in [1.29, 1.82) is 0 Å². The van der Waals surface area contributed by atoms with Gasteiger partial charge in [-0.1, -0.05) is 5.92 Å². The summed E-state index contributed by atoms with van der Waals surface area (Å²) in [5, 5.41) is 0. The predicted octanol–water partition coefficient (Wildman–Crippen LogP) is 2.50. The number of ether oxygens (including phenoxy) is 1. The smallest absolute Gasteiger partial charge is 0.253 e. The number of rotatable bonds is 4. The molecule has 0 saturated carbocycles. The summed E-state index contributed by atoms with van der Waals surface area (Å²) in [6.45, 7) is 3.81. The van der Waals surface area contributed by atoms with Gasteiger partial charge < -0.3 is 13.9 Å². The van der Waals surface area contributed by atoms with Crippen LogP contribution in [0.4, 0.5) is 0 Å². The Morgan fingerprint density at radius 1 is 1.35 bits per heavy atom. The van der Waals surface area contributed by atoms with Gasteiger partial charge in [-0.15, -0.1) is 5.92 Å². The molecule has 1 heterocycles. The third kappa shape index (κ3) is 3.98. The molecule has 5 heteroatoms. The second-order valence-electron chi connectivity index (χ2n) is 5.16. The number of pyridine rings is 1. The van der Waals surface area contributed by atoms with E-state index in [-0.39, 0.29) is 12.2 Å². The summed E-state index contributed by atoms with van der Waals surface area (Å²) in [4.78, 5) is 12.6. The molecule has 0 aliphatic heterocycles. The van der Waals surface area contributed by atoms with Crippen molar-refractivity contribution in [3.63, 3.8) is 0 Å². The monoisotopic (exact) mass is 329 g/mol. The molecule has 0 aliphatic carbocycles. The maximum Gasteiger partial charge on any atom is 0.253 e. The van der Waals surface area contributed by atoms with Crippen molar-refractivity contribution in [2.24, 2.45) is 7.05 Å². The summed E-state index contributed by atoms with van der Waals surface area (Å²) in [5.74, 6) is 6.29. The van der Waals surface area contributed by atoms with Gasteiger partial charge in [0.25, 0.3) is 5.56 Å². The highest BCUT2D eigenvalue weighted by Crippen LogP contribution is 2.32. The van der Waals surface area contributed by atoms with E-state index in [1.54, 1.807) is 45.5 Å². The lowest BCUT2D eigenvalue weighted by molar-refractivity contribution is 0.371. The Kier molecular flexibility index (Phi) is 5.54. The van der Waals surface area contributed by atoms with E-state index < -0.39 is 11.2 Å². The molecular weight excluding hydrogens is 310 g/mol. The minimum absolute atomic E-state index is 0.0386. The number of benzene rings is 1. The largest absolute Gasteiger partial charge is 0.612 e. The number of nitrogens with zero attached hydrogens (tertiary/aromatic N) is 1. The van der Waals surface area contributed by atoms with Crippen LogP contribution in [0.2, 0.25) is 0 Å². The van der Waals surface area contributed by atoms with E-state index in [1.807, 2.05) is 12.1 Å². The lowest BCUT2D eigenvalue weighted by Crippen LogP contribution is -2.18. The molecule has 2 aromatic rings. The molecule has 0 saturated heterocycles. The van der Waals surface area contributed by atoms with Crippen molar-refractivity contribution in [2.45, 2.75) is 18.7 Å². The highest BCUT2D eigenvalue weighted by Gasteiger charge is 2.14. The van der Waals surface area contributed by atoms with Crippen LogP contribution in [0.3, 0.4) is 0 Å². The van der Waals surface area contributed by atoms with Crippen molar-refractivity contribution in [3.8, 4) is 28.7 Å². The van der Waals surface area contributed by atoms with Crippen LogP contribution >= 0.6 is 0 Å². The van der Waals surface area contributed by atoms with Gasteiger partial charge in [0, 0.05) is 36.0 Å². The molecule has 1 unspecified atom stereocenters. The lowest BCUT2D eigenvalue weighted by atomic mass is 10.0. The fraction of sp³-hybridized carbons (Fsp3) is 0.278.